The number of aryl methyl sites for hydroxylation is 2. The molecule has 1 heterocycles. The van der Waals surface area contributed by atoms with Crippen LogP contribution in [0.15, 0.2) is 60.7 Å². The molecular weight excluding hydrogens is 427 g/mol. The number of ether oxygens (including phenoxy) is 2. The Morgan fingerprint density at radius 2 is 1.79 bits per heavy atom. The van der Waals surface area contributed by atoms with Gasteiger partial charge in [-0.05, 0) is 84.9 Å². The summed E-state index contributed by atoms with van der Waals surface area (Å²) in [5.74, 6) is 1.06. The van der Waals surface area contributed by atoms with Crippen molar-refractivity contribution in [3.05, 3.63) is 88.7 Å². The van der Waals surface area contributed by atoms with Crippen LogP contribution in [0.3, 0.4) is 0 Å². The molecule has 1 aliphatic heterocycles. The van der Waals surface area contributed by atoms with E-state index in [1.165, 1.54) is 18.7 Å². The van der Waals surface area contributed by atoms with E-state index in [9.17, 15) is 9.18 Å². The number of methoxy groups -OCH3 is 1. The fourth-order valence-corrected chi connectivity index (χ4v) is 5.32. The van der Waals surface area contributed by atoms with Gasteiger partial charge < -0.3 is 9.47 Å². The van der Waals surface area contributed by atoms with Crippen molar-refractivity contribution >= 4 is 5.97 Å². The number of fused-ring (bicyclic) bond motifs is 1. The molecule has 1 aliphatic carbocycles. The van der Waals surface area contributed by atoms with Crippen molar-refractivity contribution in [1.29, 1.82) is 0 Å². The molecule has 1 saturated carbocycles. The molecule has 0 aromatic heterocycles. The molecule has 2 aliphatic rings. The number of hydrogen-bond acceptors (Lipinski definition) is 3. The smallest absolute Gasteiger partial charge is 0.309 e. The van der Waals surface area contributed by atoms with Crippen molar-refractivity contribution < 1.29 is 18.7 Å². The topological polar surface area (TPSA) is 35.5 Å². The zero-order valence-electron chi connectivity index (χ0n) is 20.0. The minimum atomic E-state index is -0.208. The van der Waals surface area contributed by atoms with Crippen LogP contribution in [0.1, 0.15) is 60.5 Å². The Kier molecular flexibility index (Phi) is 6.16. The van der Waals surface area contributed by atoms with Crippen LogP contribution in [-0.4, -0.2) is 13.1 Å². The highest BCUT2D eigenvalue weighted by Gasteiger charge is 2.39. The Balaban J connectivity index is 1.37. The molecular formula is C30H31FO3. The average Bonchev–Trinajstić information content (AvgIpc) is 3.70. The Labute approximate surface area is 200 Å². The van der Waals surface area contributed by atoms with Gasteiger partial charge in [-0.15, -0.1) is 0 Å². The third-order valence-corrected chi connectivity index (χ3v) is 7.38. The van der Waals surface area contributed by atoms with Gasteiger partial charge in [-0.2, -0.15) is 0 Å². The van der Waals surface area contributed by atoms with E-state index in [0.717, 1.165) is 53.7 Å². The van der Waals surface area contributed by atoms with Gasteiger partial charge in [0.1, 0.15) is 17.7 Å². The molecule has 0 spiro atoms. The predicted molar refractivity (Wildman–Crippen MR) is 131 cm³/mol. The van der Waals surface area contributed by atoms with Crippen LogP contribution in [0.25, 0.3) is 11.1 Å². The maximum Gasteiger partial charge on any atom is 0.309 e. The van der Waals surface area contributed by atoms with Gasteiger partial charge in [0.25, 0.3) is 0 Å². The average molecular weight is 459 g/mol. The number of esters is 1. The van der Waals surface area contributed by atoms with Crippen LogP contribution >= 0.6 is 0 Å². The molecule has 0 N–H and O–H groups in total. The summed E-state index contributed by atoms with van der Waals surface area (Å²) in [4.78, 5) is 12.3. The maximum absolute atomic E-state index is 14.3. The summed E-state index contributed by atoms with van der Waals surface area (Å²) < 4.78 is 25.8. The number of halogens is 1. The monoisotopic (exact) mass is 458 g/mol. The Bertz CT molecular complexity index is 1200. The molecule has 3 aromatic carbocycles. The molecule has 4 heteroatoms. The molecule has 0 saturated heterocycles. The second kappa shape index (κ2) is 9.25. The lowest BCUT2D eigenvalue weighted by molar-refractivity contribution is -0.145. The van der Waals surface area contributed by atoms with E-state index >= 15 is 0 Å². The lowest BCUT2D eigenvalue weighted by Crippen LogP contribution is -2.23. The maximum atomic E-state index is 14.3. The second-order valence-electron chi connectivity index (χ2n) is 9.79. The van der Waals surface area contributed by atoms with Gasteiger partial charge in [0, 0.05) is 5.56 Å². The number of benzene rings is 3. The van der Waals surface area contributed by atoms with E-state index in [1.54, 1.807) is 6.07 Å². The summed E-state index contributed by atoms with van der Waals surface area (Å²) >= 11 is 0. The van der Waals surface area contributed by atoms with Crippen molar-refractivity contribution in [3.63, 3.8) is 0 Å². The van der Waals surface area contributed by atoms with Gasteiger partial charge >= 0.3 is 5.97 Å². The van der Waals surface area contributed by atoms with E-state index < -0.39 is 0 Å². The highest BCUT2D eigenvalue weighted by molar-refractivity contribution is 5.73. The van der Waals surface area contributed by atoms with Gasteiger partial charge in [0.15, 0.2) is 0 Å². The van der Waals surface area contributed by atoms with Gasteiger partial charge in [0.2, 0.25) is 0 Å². The summed E-state index contributed by atoms with van der Waals surface area (Å²) in [5.41, 5.74) is 5.98. The Morgan fingerprint density at radius 3 is 2.50 bits per heavy atom. The molecule has 5 rings (SSSR count). The van der Waals surface area contributed by atoms with E-state index in [2.05, 4.69) is 18.2 Å². The lowest BCUT2D eigenvalue weighted by atomic mass is 9.82. The number of carbonyl (C=O) groups is 1. The molecule has 1 fully saturated rings. The van der Waals surface area contributed by atoms with Crippen LogP contribution in [0, 0.1) is 24.6 Å². The fourth-order valence-electron chi connectivity index (χ4n) is 5.32. The second-order valence-corrected chi connectivity index (χ2v) is 9.79. The first-order valence-electron chi connectivity index (χ1n) is 12.2. The summed E-state index contributed by atoms with van der Waals surface area (Å²) in [6.45, 7) is 3.94. The normalized spacial score (nSPS) is 19.0. The van der Waals surface area contributed by atoms with Crippen molar-refractivity contribution in [1.82, 2.24) is 0 Å². The van der Waals surface area contributed by atoms with Crippen molar-refractivity contribution in [3.8, 4) is 16.9 Å². The van der Waals surface area contributed by atoms with Crippen LogP contribution in [0.2, 0.25) is 0 Å². The van der Waals surface area contributed by atoms with Crippen LogP contribution in [-0.2, 0) is 16.0 Å². The van der Waals surface area contributed by atoms with Gasteiger partial charge in [0.05, 0.1) is 13.0 Å². The third kappa shape index (κ3) is 4.46. The van der Waals surface area contributed by atoms with E-state index in [1.807, 2.05) is 44.2 Å². The minimum absolute atomic E-state index is 0.0449. The van der Waals surface area contributed by atoms with Gasteiger partial charge in [-0.25, -0.2) is 4.39 Å². The highest BCUT2D eigenvalue weighted by Crippen LogP contribution is 2.48. The summed E-state index contributed by atoms with van der Waals surface area (Å²) in [7, 11) is 1.46. The van der Waals surface area contributed by atoms with Gasteiger partial charge in [-0.1, -0.05) is 55.0 Å². The van der Waals surface area contributed by atoms with Crippen LogP contribution < -0.4 is 4.74 Å². The van der Waals surface area contributed by atoms with E-state index in [-0.39, 0.29) is 29.7 Å². The first-order valence-corrected chi connectivity index (χ1v) is 12.2. The predicted octanol–water partition coefficient (Wildman–Crippen LogP) is 7.17. The first-order chi connectivity index (χ1) is 16.4. The molecule has 3 atom stereocenters. The van der Waals surface area contributed by atoms with Crippen molar-refractivity contribution in [2.75, 3.05) is 7.11 Å². The Hall–Kier alpha value is -3.14. The molecule has 2 unspecified atom stereocenters. The SMILES string of the molecule is COC(=O)C(C)[C@H](c1ccc2c(c1)OC(c1ccc(-c3cc(C)ccc3F)cc1)CC2)C1CC1. The molecule has 0 amide bonds. The molecule has 176 valence electrons. The lowest BCUT2D eigenvalue weighted by Gasteiger charge is -2.29. The van der Waals surface area contributed by atoms with Crippen molar-refractivity contribution in [2.45, 2.75) is 51.6 Å². The fraction of sp³-hybridized carbons (Fsp3) is 0.367. The summed E-state index contributed by atoms with van der Waals surface area (Å²) in [6.07, 6.45) is 4.10. The quantitative estimate of drug-likeness (QED) is 0.367. The van der Waals surface area contributed by atoms with E-state index in [0.29, 0.717) is 11.5 Å². The first kappa shape index (κ1) is 22.6. The zero-order chi connectivity index (χ0) is 23.8. The highest BCUT2D eigenvalue weighted by atomic mass is 19.1. The molecule has 34 heavy (non-hydrogen) atoms. The summed E-state index contributed by atoms with van der Waals surface area (Å²) in [6, 6.07) is 19.7. The molecule has 0 radical (unpaired) electrons. The minimum Gasteiger partial charge on any atom is -0.485 e. The van der Waals surface area contributed by atoms with Gasteiger partial charge in [-0.3, -0.25) is 4.79 Å². The number of hydrogen-bond donors (Lipinski definition) is 0. The van der Waals surface area contributed by atoms with E-state index in [4.69, 9.17) is 9.47 Å². The summed E-state index contributed by atoms with van der Waals surface area (Å²) in [5, 5.41) is 0. The molecule has 0 bridgehead atoms. The van der Waals surface area contributed by atoms with Crippen LogP contribution in [0.4, 0.5) is 4.39 Å². The number of rotatable bonds is 6. The zero-order valence-corrected chi connectivity index (χ0v) is 20.0. The largest absolute Gasteiger partial charge is 0.485 e. The molecule has 3 aromatic rings. The third-order valence-electron chi connectivity index (χ3n) is 7.38. The molecule has 3 nitrogen and oxygen atoms in total. The number of carbonyl (C=O) groups excluding carboxylic acids is 1. The van der Waals surface area contributed by atoms with Crippen molar-refractivity contribution in [2.24, 2.45) is 11.8 Å². The Morgan fingerprint density at radius 1 is 1.03 bits per heavy atom. The standard InChI is InChI=1S/C30H31FO3/c1-18-4-14-26(31)25(16-18)20-5-7-21(8-6-20)27-15-13-22-9-12-24(17-28(22)34-27)29(23-10-11-23)19(2)30(32)33-3/h4-9,12,14,16-17,19,23,27,29H,10-11,13,15H2,1-3H3/t19?,27?,29-/m0/s1. The van der Waals surface area contributed by atoms with Crippen LogP contribution in [0.5, 0.6) is 5.75 Å².